The zero-order valence-electron chi connectivity index (χ0n) is 12.4. The average Bonchev–Trinajstić information content (AvgIpc) is 3.02. The van der Waals surface area contributed by atoms with Crippen LogP contribution in [0.3, 0.4) is 0 Å². The van der Waals surface area contributed by atoms with E-state index in [9.17, 15) is 0 Å². The van der Waals surface area contributed by atoms with Gasteiger partial charge >= 0.3 is 0 Å². The molecule has 2 aliphatic rings. The normalized spacial score (nSPS) is 30.2. The first-order valence-corrected chi connectivity index (χ1v) is 8.56. The molecule has 2 saturated carbocycles. The van der Waals surface area contributed by atoms with Crippen molar-refractivity contribution in [2.45, 2.75) is 58.4 Å². The summed E-state index contributed by atoms with van der Waals surface area (Å²) in [5.74, 6) is 3.03. The summed E-state index contributed by atoms with van der Waals surface area (Å²) in [5, 5.41) is 7.10. The number of thiazole rings is 1. The second-order valence-corrected chi connectivity index (χ2v) is 8.38. The highest BCUT2D eigenvalue weighted by Crippen LogP contribution is 2.47. The Hall–Kier alpha value is -0.410. The van der Waals surface area contributed by atoms with E-state index in [1.54, 1.807) is 11.3 Å². The third-order valence-corrected chi connectivity index (χ3v) is 5.74. The molecule has 1 N–H and O–H groups in total. The van der Waals surface area contributed by atoms with Crippen LogP contribution < -0.4 is 5.32 Å². The summed E-state index contributed by atoms with van der Waals surface area (Å²) in [6.45, 7) is 8.85. The van der Waals surface area contributed by atoms with Crippen molar-refractivity contribution in [3.8, 4) is 0 Å². The Bertz CT molecular complexity index is 432. The monoisotopic (exact) mass is 278 g/mol. The molecule has 2 bridgehead atoms. The average molecular weight is 278 g/mol. The molecule has 0 amide bonds. The fraction of sp³-hybridized carbons (Fsp3) is 0.812. The fourth-order valence-electron chi connectivity index (χ4n) is 3.73. The zero-order valence-corrected chi connectivity index (χ0v) is 13.2. The first-order chi connectivity index (χ1) is 9.02. The summed E-state index contributed by atoms with van der Waals surface area (Å²) >= 11 is 1.80. The third-order valence-electron chi connectivity index (χ3n) is 4.89. The van der Waals surface area contributed by atoms with Crippen molar-refractivity contribution in [2.24, 2.45) is 17.8 Å². The molecule has 3 heteroatoms. The van der Waals surface area contributed by atoms with E-state index in [0.717, 1.165) is 24.3 Å². The Labute approximate surface area is 121 Å². The van der Waals surface area contributed by atoms with Crippen molar-refractivity contribution >= 4 is 11.3 Å². The first kappa shape index (κ1) is 13.6. The molecule has 106 valence electrons. The van der Waals surface area contributed by atoms with E-state index in [-0.39, 0.29) is 5.41 Å². The fourth-order valence-corrected chi connectivity index (χ4v) is 4.72. The minimum Gasteiger partial charge on any atom is -0.310 e. The van der Waals surface area contributed by atoms with Crippen LogP contribution in [0.1, 0.15) is 57.2 Å². The lowest BCUT2D eigenvalue weighted by Crippen LogP contribution is -2.26. The molecular formula is C16H26N2S. The van der Waals surface area contributed by atoms with Gasteiger partial charge in [-0.3, -0.25) is 0 Å². The maximum Gasteiger partial charge on any atom is 0.107 e. The molecule has 0 aromatic carbocycles. The van der Waals surface area contributed by atoms with Crippen LogP contribution in [0.15, 0.2) is 5.38 Å². The Balaban J connectivity index is 1.46. The second kappa shape index (κ2) is 5.17. The SMILES string of the molecule is CC(C)(C)c1csc(CNCC2CC3CCC2C3)n1. The zero-order chi connectivity index (χ0) is 13.5. The summed E-state index contributed by atoms with van der Waals surface area (Å²) in [7, 11) is 0. The van der Waals surface area contributed by atoms with E-state index in [4.69, 9.17) is 4.98 Å². The molecule has 19 heavy (non-hydrogen) atoms. The van der Waals surface area contributed by atoms with Gasteiger partial charge in [0.2, 0.25) is 0 Å². The van der Waals surface area contributed by atoms with Gasteiger partial charge in [0.25, 0.3) is 0 Å². The van der Waals surface area contributed by atoms with E-state index in [1.165, 1.54) is 42.9 Å². The van der Waals surface area contributed by atoms with Gasteiger partial charge < -0.3 is 5.32 Å². The van der Waals surface area contributed by atoms with Crippen LogP contribution in [0.25, 0.3) is 0 Å². The third kappa shape index (κ3) is 3.03. The molecule has 3 unspecified atom stereocenters. The van der Waals surface area contributed by atoms with Crippen LogP contribution in [-0.4, -0.2) is 11.5 Å². The highest BCUT2D eigenvalue weighted by molar-refractivity contribution is 7.09. The van der Waals surface area contributed by atoms with Crippen LogP contribution in [0.5, 0.6) is 0 Å². The molecule has 1 heterocycles. The van der Waals surface area contributed by atoms with E-state index in [1.807, 2.05) is 0 Å². The quantitative estimate of drug-likeness (QED) is 0.901. The molecule has 2 aliphatic carbocycles. The predicted molar refractivity (Wildman–Crippen MR) is 81.5 cm³/mol. The molecule has 2 nitrogen and oxygen atoms in total. The smallest absolute Gasteiger partial charge is 0.107 e. The summed E-state index contributed by atoms with van der Waals surface area (Å²) < 4.78 is 0. The van der Waals surface area contributed by atoms with Gasteiger partial charge in [-0.05, 0) is 43.6 Å². The summed E-state index contributed by atoms with van der Waals surface area (Å²) in [5.41, 5.74) is 1.41. The van der Waals surface area contributed by atoms with Gasteiger partial charge in [0.15, 0.2) is 0 Å². The lowest BCUT2D eigenvalue weighted by molar-refractivity contribution is 0.318. The summed E-state index contributed by atoms with van der Waals surface area (Å²) in [4.78, 5) is 4.75. The van der Waals surface area contributed by atoms with Crippen LogP contribution in [0.4, 0.5) is 0 Å². The molecule has 3 atom stereocenters. The van der Waals surface area contributed by atoms with E-state index < -0.39 is 0 Å². The number of nitrogens with zero attached hydrogens (tertiary/aromatic N) is 1. The maximum atomic E-state index is 4.75. The van der Waals surface area contributed by atoms with Gasteiger partial charge in [0, 0.05) is 17.3 Å². The second-order valence-electron chi connectivity index (χ2n) is 7.44. The lowest BCUT2D eigenvalue weighted by atomic mass is 9.89. The maximum absolute atomic E-state index is 4.75. The number of hydrogen-bond donors (Lipinski definition) is 1. The van der Waals surface area contributed by atoms with Gasteiger partial charge in [0.05, 0.1) is 5.69 Å². The van der Waals surface area contributed by atoms with Gasteiger partial charge in [-0.1, -0.05) is 27.2 Å². The van der Waals surface area contributed by atoms with Crippen molar-refractivity contribution in [1.82, 2.24) is 10.3 Å². The van der Waals surface area contributed by atoms with Gasteiger partial charge in [-0.15, -0.1) is 11.3 Å². The van der Waals surface area contributed by atoms with Gasteiger partial charge in [-0.2, -0.15) is 0 Å². The van der Waals surface area contributed by atoms with Crippen LogP contribution in [0, 0.1) is 17.8 Å². The molecule has 0 saturated heterocycles. The molecular weight excluding hydrogens is 252 g/mol. The number of aromatic nitrogens is 1. The molecule has 2 fully saturated rings. The van der Waals surface area contributed by atoms with Gasteiger partial charge in [-0.25, -0.2) is 4.98 Å². The Morgan fingerprint density at radius 3 is 2.74 bits per heavy atom. The van der Waals surface area contributed by atoms with Crippen molar-refractivity contribution < 1.29 is 0 Å². The standard InChI is InChI=1S/C16H26N2S/c1-16(2,3)14-10-19-15(18-14)9-17-8-13-7-11-4-5-12(13)6-11/h10-13,17H,4-9H2,1-3H3. The van der Waals surface area contributed by atoms with Crippen LogP contribution in [0.2, 0.25) is 0 Å². The summed E-state index contributed by atoms with van der Waals surface area (Å²) in [6.07, 6.45) is 5.98. The number of fused-ring (bicyclic) bond motifs is 2. The predicted octanol–water partition coefficient (Wildman–Crippen LogP) is 3.97. The van der Waals surface area contributed by atoms with Crippen LogP contribution >= 0.6 is 11.3 Å². The number of nitrogens with one attached hydrogen (secondary N) is 1. The first-order valence-electron chi connectivity index (χ1n) is 7.68. The van der Waals surface area contributed by atoms with Gasteiger partial charge in [0.1, 0.15) is 5.01 Å². The Morgan fingerprint density at radius 1 is 1.32 bits per heavy atom. The Morgan fingerprint density at radius 2 is 2.16 bits per heavy atom. The molecule has 1 aromatic heterocycles. The van der Waals surface area contributed by atoms with Crippen molar-refractivity contribution in [3.63, 3.8) is 0 Å². The van der Waals surface area contributed by atoms with Crippen LogP contribution in [-0.2, 0) is 12.0 Å². The minimum atomic E-state index is 0.180. The van der Waals surface area contributed by atoms with Crippen molar-refractivity contribution in [3.05, 3.63) is 16.1 Å². The molecule has 0 radical (unpaired) electrons. The van der Waals surface area contributed by atoms with E-state index >= 15 is 0 Å². The van der Waals surface area contributed by atoms with Crippen molar-refractivity contribution in [2.75, 3.05) is 6.54 Å². The Kier molecular flexibility index (Phi) is 3.69. The lowest BCUT2D eigenvalue weighted by Gasteiger charge is -2.21. The molecule has 0 aliphatic heterocycles. The number of rotatable bonds is 4. The topological polar surface area (TPSA) is 24.9 Å². The number of hydrogen-bond acceptors (Lipinski definition) is 3. The molecule has 0 spiro atoms. The summed E-state index contributed by atoms with van der Waals surface area (Å²) in [6, 6.07) is 0. The highest BCUT2D eigenvalue weighted by Gasteiger charge is 2.38. The highest BCUT2D eigenvalue weighted by atomic mass is 32.1. The largest absolute Gasteiger partial charge is 0.310 e. The van der Waals surface area contributed by atoms with E-state index in [0.29, 0.717) is 0 Å². The minimum absolute atomic E-state index is 0.180. The van der Waals surface area contributed by atoms with E-state index in [2.05, 4.69) is 31.5 Å². The molecule has 1 aromatic rings. The molecule has 3 rings (SSSR count). The van der Waals surface area contributed by atoms with Crippen molar-refractivity contribution in [1.29, 1.82) is 0 Å².